The molecule has 0 unspecified atom stereocenters. The van der Waals surface area contributed by atoms with E-state index in [2.05, 4.69) is 4.98 Å². The number of benzene rings is 3. The minimum absolute atomic E-state index is 0.324. The van der Waals surface area contributed by atoms with E-state index < -0.39 is 0 Å². The van der Waals surface area contributed by atoms with E-state index in [1.54, 1.807) is 6.07 Å². The summed E-state index contributed by atoms with van der Waals surface area (Å²) in [5, 5.41) is 1.50. The zero-order valence-corrected chi connectivity index (χ0v) is 13.8. The fraction of sp³-hybridized carbons (Fsp3) is 0. The lowest BCUT2D eigenvalue weighted by atomic mass is 10.1. The maximum Gasteiger partial charge on any atom is 0.162 e. The largest absolute Gasteiger partial charge is 0.301 e. The summed E-state index contributed by atoms with van der Waals surface area (Å²) < 4.78 is 16.6. The Hall–Kier alpha value is -3.53. The summed E-state index contributed by atoms with van der Waals surface area (Å²) in [5.74, 6) is 0.805. The lowest BCUT2D eigenvalue weighted by Crippen LogP contribution is -2.03. The first kappa shape index (κ1) is 14.8. The van der Waals surface area contributed by atoms with Crippen LogP contribution in [0.2, 0.25) is 0 Å². The van der Waals surface area contributed by atoms with Crippen molar-refractivity contribution in [2.45, 2.75) is 0 Å². The third-order valence-corrected chi connectivity index (χ3v) is 4.51. The minimum Gasteiger partial charge on any atom is -0.301 e. The highest BCUT2D eigenvalue weighted by Crippen LogP contribution is 2.29. The van der Waals surface area contributed by atoms with Crippen LogP contribution in [0.1, 0.15) is 0 Å². The molecule has 0 aliphatic carbocycles. The SMILES string of the molecule is Fc1cccc2nc(-c3ccccc3)nc(-n3ccc4ccccc43)c12. The average Bonchev–Trinajstić information content (AvgIpc) is 3.12. The molecule has 26 heavy (non-hydrogen) atoms. The molecule has 0 bridgehead atoms. The van der Waals surface area contributed by atoms with Gasteiger partial charge < -0.3 is 4.57 Å². The van der Waals surface area contributed by atoms with Crippen LogP contribution in [0.5, 0.6) is 0 Å². The molecule has 3 aromatic carbocycles. The summed E-state index contributed by atoms with van der Waals surface area (Å²) in [5.41, 5.74) is 2.47. The molecule has 4 heteroatoms. The Morgan fingerprint density at radius 1 is 0.731 bits per heavy atom. The summed E-state index contributed by atoms with van der Waals surface area (Å²) in [4.78, 5) is 9.33. The van der Waals surface area contributed by atoms with Gasteiger partial charge in [-0.3, -0.25) is 0 Å². The molecule has 2 heterocycles. The molecule has 0 radical (unpaired) electrons. The molecule has 2 aromatic heterocycles. The molecule has 0 spiro atoms. The van der Waals surface area contributed by atoms with E-state index in [4.69, 9.17) is 4.98 Å². The highest BCUT2D eigenvalue weighted by Gasteiger charge is 2.15. The first-order valence-corrected chi connectivity index (χ1v) is 8.39. The second-order valence-electron chi connectivity index (χ2n) is 6.12. The van der Waals surface area contributed by atoms with Gasteiger partial charge in [-0.1, -0.05) is 54.6 Å². The maximum absolute atomic E-state index is 14.7. The number of fused-ring (bicyclic) bond motifs is 2. The van der Waals surface area contributed by atoms with E-state index in [9.17, 15) is 4.39 Å². The minimum atomic E-state index is -0.324. The van der Waals surface area contributed by atoms with Crippen molar-refractivity contribution < 1.29 is 4.39 Å². The quantitative estimate of drug-likeness (QED) is 0.432. The predicted molar refractivity (Wildman–Crippen MR) is 102 cm³/mol. The molecular formula is C22H14FN3. The Morgan fingerprint density at radius 2 is 1.54 bits per heavy atom. The number of nitrogens with zero attached hydrogens (tertiary/aromatic N) is 3. The predicted octanol–water partition coefficient (Wildman–Crippen LogP) is 5.38. The summed E-state index contributed by atoms with van der Waals surface area (Å²) >= 11 is 0. The second-order valence-corrected chi connectivity index (χ2v) is 6.12. The van der Waals surface area contributed by atoms with Crippen molar-refractivity contribution in [3.05, 3.63) is 90.9 Å². The molecule has 0 aliphatic rings. The highest BCUT2D eigenvalue weighted by atomic mass is 19.1. The van der Waals surface area contributed by atoms with E-state index in [0.29, 0.717) is 22.5 Å². The van der Waals surface area contributed by atoms with Crippen molar-refractivity contribution in [1.82, 2.24) is 14.5 Å². The Balaban J connectivity index is 1.88. The third-order valence-electron chi connectivity index (χ3n) is 4.51. The molecular weight excluding hydrogens is 325 g/mol. The van der Waals surface area contributed by atoms with E-state index in [0.717, 1.165) is 16.5 Å². The second kappa shape index (κ2) is 5.77. The van der Waals surface area contributed by atoms with E-state index in [1.807, 2.05) is 77.5 Å². The third kappa shape index (κ3) is 2.27. The first-order valence-electron chi connectivity index (χ1n) is 8.39. The smallest absolute Gasteiger partial charge is 0.162 e. The van der Waals surface area contributed by atoms with E-state index in [-0.39, 0.29) is 5.82 Å². The first-order chi connectivity index (χ1) is 12.8. The number of hydrogen-bond acceptors (Lipinski definition) is 2. The number of para-hydroxylation sites is 1. The normalized spacial score (nSPS) is 11.3. The topological polar surface area (TPSA) is 30.7 Å². The Kier molecular flexibility index (Phi) is 3.28. The molecule has 0 N–H and O–H groups in total. The molecule has 5 rings (SSSR count). The van der Waals surface area contributed by atoms with Crippen LogP contribution in [0.15, 0.2) is 85.1 Å². The van der Waals surface area contributed by atoms with Crippen LogP contribution >= 0.6 is 0 Å². The van der Waals surface area contributed by atoms with Crippen LogP contribution < -0.4 is 0 Å². The Bertz CT molecular complexity index is 1240. The maximum atomic E-state index is 14.7. The van der Waals surface area contributed by atoms with Crippen LogP contribution in [0, 0.1) is 5.82 Å². The highest BCUT2D eigenvalue weighted by molar-refractivity contribution is 5.91. The van der Waals surface area contributed by atoms with Gasteiger partial charge in [0.15, 0.2) is 11.6 Å². The van der Waals surface area contributed by atoms with Crippen molar-refractivity contribution >= 4 is 21.8 Å². The number of rotatable bonds is 2. The van der Waals surface area contributed by atoms with Crippen LogP contribution in [0.3, 0.4) is 0 Å². The molecule has 0 atom stereocenters. The molecule has 0 aliphatic heterocycles. The van der Waals surface area contributed by atoms with Crippen molar-refractivity contribution in [1.29, 1.82) is 0 Å². The molecule has 0 amide bonds. The van der Waals surface area contributed by atoms with Crippen molar-refractivity contribution in [3.63, 3.8) is 0 Å². The van der Waals surface area contributed by atoms with Gasteiger partial charge in [-0.05, 0) is 29.7 Å². The lowest BCUT2D eigenvalue weighted by Gasteiger charge is -2.11. The van der Waals surface area contributed by atoms with Gasteiger partial charge in [0, 0.05) is 11.8 Å². The molecule has 0 saturated heterocycles. The molecule has 3 nitrogen and oxygen atoms in total. The van der Waals surface area contributed by atoms with E-state index in [1.165, 1.54) is 6.07 Å². The molecule has 0 saturated carbocycles. The average molecular weight is 339 g/mol. The van der Waals surface area contributed by atoms with Gasteiger partial charge in [0.25, 0.3) is 0 Å². The van der Waals surface area contributed by atoms with Crippen molar-refractivity contribution in [2.75, 3.05) is 0 Å². The zero-order valence-electron chi connectivity index (χ0n) is 13.8. The molecule has 124 valence electrons. The van der Waals surface area contributed by atoms with Gasteiger partial charge in [-0.25, -0.2) is 14.4 Å². The monoisotopic (exact) mass is 339 g/mol. The van der Waals surface area contributed by atoms with Crippen LogP contribution in [-0.2, 0) is 0 Å². The van der Waals surface area contributed by atoms with Gasteiger partial charge in [-0.2, -0.15) is 0 Å². The van der Waals surface area contributed by atoms with Crippen LogP contribution in [0.25, 0.3) is 39.0 Å². The van der Waals surface area contributed by atoms with Gasteiger partial charge in [0.05, 0.1) is 16.4 Å². The van der Waals surface area contributed by atoms with E-state index >= 15 is 0 Å². The summed E-state index contributed by atoms with van der Waals surface area (Å²) in [6, 6.07) is 24.7. The summed E-state index contributed by atoms with van der Waals surface area (Å²) in [6.07, 6.45) is 1.92. The fourth-order valence-corrected chi connectivity index (χ4v) is 3.28. The molecule has 5 aromatic rings. The van der Waals surface area contributed by atoms with Crippen LogP contribution in [0.4, 0.5) is 4.39 Å². The summed E-state index contributed by atoms with van der Waals surface area (Å²) in [6.45, 7) is 0. The zero-order chi connectivity index (χ0) is 17.5. The van der Waals surface area contributed by atoms with Gasteiger partial charge in [0.1, 0.15) is 5.82 Å². The molecule has 0 fully saturated rings. The standard InChI is InChI=1S/C22H14FN3/c23-17-10-6-11-18-20(17)22(25-21(24-18)16-8-2-1-3-9-16)26-14-13-15-7-4-5-12-19(15)26/h1-14H. The van der Waals surface area contributed by atoms with Gasteiger partial charge in [0.2, 0.25) is 0 Å². The fourth-order valence-electron chi connectivity index (χ4n) is 3.28. The van der Waals surface area contributed by atoms with Crippen molar-refractivity contribution in [2.24, 2.45) is 0 Å². The van der Waals surface area contributed by atoms with Gasteiger partial charge >= 0.3 is 0 Å². The van der Waals surface area contributed by atoms with Crippen molar-refractivity contribution in [3.8, 4) is 17.2 Å². The summed E-state index contributed by atoms with van der Waals surface area (Å²) in [7, 11) is 0. The van der Waals surface area contributed by atoms with Gasteiger partial charge in [-0.15, -0.1) is 0 Å². The Labute approximate surface area is 149 Å². The number of hydrogen-bond donors (Lipinski definition) is 0. The number of aromatic nitrogens is 3. The lowest BCUT2D eigenvalue weighted by molar-refractivity contribution is 0.638. The Morgan fingerprint density at radius 3 is 2.42 bits per heavy atom. The number of halogens is 1. The van der Waals surface area contributed by atoms with Crippen LogP contribution in [-0.4, -0.2) is 14.5 Å².